The van der Waals surface area contributed by atoms with Gasteiger partial charge in [-0.1, -0.05) is 0 Å². The van der Waals surface area contributed by atoms with E-state index in [9.17, 15) is 9.59 Å². The minimum absolute atomic E-state index is 0.0609. The van der Waals surface area contributed by atoms with E-state index < -0.39 is 0 Å². The minimum Gasteiger partial charge on any atom is -0.355 e. The fourth-order valence-corrected chi connectivity index (χ4v) is 1.75. The SMILES string of the molecule is Cc1[nH]c2c(c1C)C(=O)CCC2=O. The average Bonchev–Trinajstić information content (AvgIpc) is 2.38. The van der Waals surface area contributed by atoms with Crippen LogP contribution in [0.4, 0.5) is 0 Å². The summed E-state index contributed by atoms with van der Waals surface area (Å²) in [5.74, 6) is 0.155. The van der Waals surface area contributed by atoms with Gasteiger partial charge in [-0.05, 0) is 19.4 Å². The van der Waals surface area contributed by atoms with Gasteiger partial charge in [-0.2, -0.15) is 0 Å². The van der Waals surface area contributed by atoms with Crippen LogP contribution in [0.25, 0.3) is 0 Å². The Morgan fingerprint density at radius 2 is 1.69 bits per heavy atom. The van der Waals surface area contributed by atoms with E-state index in [1.54, 1.807) is 0 Å². The van der Waals surface area contributed by atoms with E-state index in [-0.39, 0.29) is 11.6 Å². The molecular formula is C10H11NO2. The molecule has 1 aliphatic rings. The van der Waals surface area contributed by atoms with Crippen molar-refractivity contribution in [2.24, 2.45) is 0 Å². The van der Waals surface area contributed by atoms with Crippen LogP contribution in [-0.2, 0) is 0 Å². The van der Waals surface area contributed by atoms with E-state index >= 15 is 0 Å². The molecule has 1 aliphatic carbocycles. The van der Waals surface area contributed by atoms with Crippen molar-refractivity contribution in [2.45, 2.75) is 26.7 Å². The van der Waals surface area contributed by atoms with E-state index in [4.69, 9.17) is 0 Å². The lowest BCUT2D eigenvalue weighted by molar-refractivity contribution is 0.0887. The predicted molar refractivity (Wildman–Crippen MR) is 48.2 cm³/mol. The van der Waals surface area contributed by atoms with Crippen LogP contribution in [0.3, 0.4) is 0 Å². The van der Waals surface area contributed by atoms with Crippen LogP contribution in [0.5, 0.6) is 0 Å². The quantitative estimate of drug-likeness (QED) is 0.656. The summed E-state index contributed by atoms with van der Waals surface area (Å²) in [6.45, 7) is 3.76. The molecule has 0 bridgehead atoms. The Morgan fingerprint density at radius 1 is 1.08 bits per heavy atom. The number of Topliss-reactive ketones (excluding diaryl/α,β-unsaturated/α-hetero) is 2. The molecule has 0 atom stereocenters. The van der Waals surface area contributed by atoms with E-state index in [2.05, 4.69) is 4.98 Å². The highest BCUT2D eigenvalue weighted by Crippen LogP contribution is 2.25. The second kappa shape index (κ2) is 2.55. The molecule has 0 saturated carbocycles. The third kappa shape index (κ3) is 1.03. The van der Waals surface area contributed by atoms with E-state index in [1.165, 1.54) is 0 Å². The van der Waals surface area contributed by atoms with Gasteiger partial charge in [0.25, 0.3) is 0 Å². The number of aromatic amines is 1. The minimum atomic E-state index is 0.0609. The molecule has 0 fully saturated rings. The van der Waals surface area contributed by atoms with Crippen LogP contribution in [0.2, 0.25) is 0 Å². The first-order valence-corrected chi connectivity index (χ1v) is 4.37. The lowest BCUT2D eigenvalue weighted by atomic mass is 9.93. The zero-order chi connectivity index (χ0) is 9.59. The summed E-state index contributed by atoms with van der Waals surface area (Å²) < 4.78 is 0. The van der Waals surface area contributed by atoms with Gasteiger partial charge < -0.3 is 4.98 Å². The largest absolute Gasteiger partial charge is 0.355 e. The maximum Gasteiger partial charge on any atom is 0.180 e. The molecule has 1 N–H and O–H groups in total. The molecule has 0 saturated heterocycles. The second-order valence-corrected chi connectivity index (χ2v) is 3.47. The van der Waals surface area contributed by atoms with Crippen LogP contribution < -0.4 is 0 Å². The zero-order valence-electron chi connectivity index (χ0n) is 7.73. The standard InChI is InChI=1S/C10H11NO2/c1-5-6(2)11-10-8(13)4-3-7(12)9(5)10/h11H,3-4H2,1-2H3. The first-order chi connectivity index (χ1) is 6.11. The van der Waals surface area contributed by atoms with Gasteiger partial charge >= 0.3 is 0 Å². The number of carbonyl (C=O) groups excluding carboxylic acids is 2. The molecule has 1 heterocycles. The number of rotatable bonds is 0. The summed E-state index contributed by atoms with van der Waals surface area (Å²) >= 11 is 0. The van der Waals surface area contributed by atoms with Crippen molar-refractivity contribution >= 4 is 11.6 Å². The number of aromatic nitrogens is 1. The number of nitrogens with one attached hydrogen (secondary N) is 1. The lowest BCUT2D eigenvalue weighted by Crippen LogP contribution is -2.16. The summed E-state index contributed by atoms with van der Waals surface area (Å²) in [6, 6.07) is 0. The van der Waals surface area contributed by atoms with Crippen LogP contribution in [0.15, 0.2) is 0 Å². The van der Waals surface area contributed by atoms with Gasteiger partial charge in [0.05, 0.1) is 5.69 Å². The van der Waals surface area contributed by atoms with E-state index in [0.717, 1.165) is 11.3 Å². The van der Waals surface area contributed by atoms with Crippen LogP contribution in [0.1, 0.15) is 44.9 Å². The van der Waals surface area contributed by atoms with Gasteiger partial charge in [0.1, 0.15) is 0 Å². The molecule has 68 valence electrons. The summed E-state index contributed by atoms with van der Waals surface area (Å²) in [6.07, 6.45) is 0.717. The van der Waals surface area contributed by atoms with Gasteiger partial charge in [0.2, 0.25) is 0 Å². The molecule has 3 nitrogen and oxygen atoms in total. The molecule has 1 aromatic heterocycles. The molecule has 3 heteroatoms. The van der Waals surface area contributed by atoms with Crippen molar-refractivity contribution in [3.8, 4) is 0 Å². The Bertz CT molecular complexity index is 401. The Morgan fingerprint density at radius 3 is 2.31 bits per heavy atom. The highest BCUT2D eigenvalue weighted by molar-refractivity contribution is 6.13. The number of hydrogen-bond acceptors (Lipinski definition) is 2. The van der Waals surface area contributed by atoms with E-state index in [1.807, 2.05) is 13.8 Å². The predicted octanol–water partition coefficient (Wildman–Crippen LogP) is 1.79. The van der Waals surface area contributed by atoms with Gasteiger partial charge in [-0.25, -0.2) is 0 Å². The lowest BCUT2D eigenvalue weighted by Gasteiger charge is -2.08. The number of carbonyl (C=O) groups is 2. The van der Waals surface area contributed by atoms with Crippen molar-refractivity contribution in [2.75, 3.05) is 0 Å². The fraction of sp³-hybridized carbons (Fsp3) is 0.400. The van der Waals surface area contributed by atoms with Crippen LogP contribution in [-0.4, -0.2) is 16.6 Å². The second-order valence-electron chi connectivity index (χ2n) is 3.47. The first-order valence-electron chi connectivity index (χ1n) is 4.37. The molecule has 0 aliphatic heterocycles. The highest BCUT2D eigenvalue weighted by Gasteiger charge is 2.27. The summed E-state index contributed by atoms with van der Waals surface area (Å²) in [5, 5.41) is 0. The van der Waals surface area contributed by atoms with Crippen molar-refractivity contribution < 1.29 is 9.59 Å². The third-order valence-corrected chi connectivity index (χ3v) is 2.64. The zero-order valence-corrected chi connectivity index (χ0v) is 7.73. The third-order valence-electron chi connectivity index (χ3n) is 2.64. The maximum atomic E-state index is 11.5. The Hall–Kier alpha value is -1.38. The Balaban J connectivity index is 2.70. The Kier molecular flexibility index (Phi) is 1.62. The molecule has 0 aromatic carbocycles. The molecule has 0 spiro atoms. The molecule has 0 unspecified atom stereocenters. The van der Waals surface area contributed by atoms with Crippen LogP contribution in [0, 0.1) is 13.8 Å². The first kappa shape index (κ1) is 8.23. The number of hydrogen-bond donors (Lipinski definition) is 1. The summed E-state index contributed by atoms with van der Waals surface area (Å²) in [4.78, 5) is 25.9. The monoisotopic (exact) mass is 177 g/mol. The van der Waals surface area contributed by atoms with E-state index in [0.29, 0.717) is 24.1 Å². The maximum absolute atomic E-state index is 11.5. The number of ketones is 2. The molecule has 0 radical (unpaired) electrons. The average molecular weight is 177 g/mol. The van der Waals surface area contributed by atoms with Crippen molar-refractivity contribution in [1.29, 1.82) is 0 Å². The number of H-pyrrole nitrogens is 1. The molecule has 2 rings (SSSR count). The topological polar surface area (TPSA) is 49.9 Å². The number of fused-ring (bicyclic) bond motifs is 1. The van der Waals surface area contributed by atoms with Gasteiger partial charge in [0, 0.05) is 24.1 Å². The smallest absolute Gasteiger partial charge is 0.180 e. The summed E-state index contributed by atoms with van der Waals surface area (Å²) in [7, 11) is 0. The van der Waals surface area contributed by atoms with Crippen LogP contribution >= 0.6 is 0 Å². The van der Waals surface area contributed by atoms with Crippen molar-refractivity contribution in [3.63, 3.8) is 0 Å². The molecule has 1 aromatic rings. The van der Waals surface area contributed by atoms with Gasteiger partial charge in [-0.3, -0.25) is 9.59 Å². The normalized spacial score (nSPS) is 16.2. The summed E-state index contributed by atoms with van der Waals surface area (Å²) in [5.41, 5.74) is 2.99. The number of aryl methyl sites for hydroxylation is 1. The molecule has 0 amide bonds. The van der Waals surface area contributed by atoms with Gasteiger partial charge in [-0.15, -0.1) is 0 Å². The Labute approximate surface area is 76.1 Å². The fourth-order valence-electron chi connectivity index (χ4n) is 1.75. The molecule has 13 heavy (non-hydrogen) atoms. The van der Waals surface area contributed by atoms with Crippen molar-refractivity contribution in [1.82, 2.24) is 4.98 Å². The van der Waals surface area contributed by atoms with Gasteiger partial charge in [0.15, 0.2) is 11.6 Å². The highest BCUT2D eigenvalue weighted by atomic mass is 16.1. The van der Waals surface area contributed by atoms with Crippen molar-refractivity contribution in [3.05, 3.63) is 22.5 Å². The molecular weight excluding hydrogens is 166 g/mol.